The van der Waals surface area contributed by atoms with Crippen LogP contribution in [0.3, 0.4) is 0 Å². The second-order valence-electron chi connectivity index (χ2n) is 6.49. The predicted molar refractivity (Wildman–Crippen MR) is 75.6 cm³/mol. The molecule has 0 aliphatic heterocycles. The summed E-state index contributed by atoms with van der Waals surface area (Å²) < 4.78 is 0. The number of carboxylic acid groups (broad SMARTS) is 2. The van der Waals surface area contributed by atoms with Crippen molar-refractivity contribution in [3.05, 3.63) is 11.1 Å². The summed E-state index contributed by atoms with van der Waals surface area (Å²) in [5.74, 6) is -1.92. The topological polar surface area (TPSA) is 74.6 Å². The maximum absolute atomic E-state index is 11.9. The van der Waals surface area contributed by atoms with E-state index in [1.54, 1.807) is 13.0 Å². The summed E-state index contributed by atoms with van der Waals surface area (Å²) in [6.07, 6.45) is 6.78. The number of aliphatic carboxylic acids is 2. The van der Waals surface area contributed by atoms with Gasteiger partial charge < -0.3 is 10.2 Å². The molecule has 20 heavy (non-hydrogen) atoms. The van der Waals surface area contributed by atoms with Crippen LogP contribution in [0.2, 0.25) is 0 Å². The average molecular weight is 301 g/mol. The van der Waals surface area contributed by atoms with Gasteiger partial charge in [0.15, 0.2) is 0 Å². The molecule has 0 amide bonds. The van der Waals surface area contributed by atoms with Crippen LogP contribution >= 0.6 is 11.6 Å². The molecular formula is C15H21ClO4. The van der Waals surface area contributed by atoms with Gasteiger partial charge in [0.1, 0.15) is 0 Å². The van der Waals surface area contributed by atoms with Crippen LogP contribution in [-0.2, 0) is 9.59 Å². The second kappa shape index (κ2) is 5.40. The van der Waals surface area contributed by atoms with Crippen LogP contribution in [0.1, 0.15) is 51.9 Å². The molecule has 0 radical (unpaired) electrons. The van der Waals surface area contributed by atoms with Crippen molar-refractivity contribution < 1.29 is 19.8 Å². The van der Waals surface area contributed by atoms with E-state index in [1.165, 1.54) is 0 Å². The number of carboxylic acids is 2. The second-order valence-corrected chi connectivity index (χ2v) is 6.98. The zero-order valence-electron chi connectivity index (χ0n) is 11.7. The quantitative estimate of drug-likeness (QED) is 0.834. The van der Waals surface area contributed by atoms with E-state index in [0.717, 1.165) is 32.1 Å². The first-order chi connectivity index (χ1) is 9.30. The van der Waals surface area contributed by atoms with Crippen molar-refractivity contribution >= 4 is 23.5 Å². The average Bonchev–Trinajstić information content (AvgIpc) is 2.38. The van der Waals surface area contributed by atoms with Crippen molar-refractivity contribution in [3.63, 3.8) is 0 Å². The van der Waals surface area contributed by atoms with E-state index in [2.05, 4.69) is 0 Å². The lowest BCUT2D eigenvalue weighted by Gasteiger charge is -2.44. The van der Waals surface area contributed by atoms with E-state index in [0.29, 0.717) is 5.03 Å². The Bertz CT molecular complexity index is 453. The van der Waals surface area contributed by atoms with Gasteiger partial charge in [-0.3, -0.25) is 9.59 Å². The largest absolute Gasteiger partial charge is 0.481 e. The molecule has 0 aromatic carbocycles. The molecule has 1 fully saturated rings. The van der Waals surface area contributed by atoms with E-state index < -0.39 is 22.8 Å². The maximum Gasteiger partial charge on any atom is 0.313 e. The molecule has 2 aliphatic carbocycles. The molecule has 2 atom stereocenters. The molecule has 0 saturated heterocycles. The van der Waals surface area contributed by atoms with Crippen LogP contribution in [0.4, 0.5) is 0 Å². The minimum absolute atomic E-state index is 0.0125. The predicted octanol–water partition coefficient (Wildman–Crippen LogP) is 3.65. The van der Waals surface area contributed by atoms with Gasteiger partial charge in [0.2, 0.25) is 0 Å². The van der Waals surface area contributed by atoms with Gasteiger partial charge >= 0.3 is 11.9 Å². The summed E-state index contributed by atoms with van der Waals surface area (Å²) in [7, 11) is 0. The van der Waals surface area contributed by atoms with Gasteiger partial charge in [0, 0.05) is 5.03 Å². The van der Waals surface area contributed by atoms with Crippen LogP contribution in [0, 0.1) is 16.7 Å². The summed E-state index contributed by atoms with van der Waals surface area (Å²) in [6, 6.07) is 0. The molecule has 0 aromatic rings. The first kappa shape index (κ1) is 15.4. The van der Waals surface area contributed by atoms with Gasteiger partial charge in [-0.2, -0.15) is 0 Å². The molecule has 2 rings (SSSR count). The van der Waals surface area contributed by atoms with Gasteiger partial charge in [-0.25, -0.2) is 0 Å². The van der Waals surface area contributed by atoms with Crippen molar-refractivity contribution in [3.8, 4) is 0 Å². The normalized spacial score (nSPS) is 35.4. The third kappa shape index (κ3) is 2.58. The molecule has 0 spiro atoms. The Hall–Kier alpha value is -1.03. The lowest BCUT2D eigenvalue weighted by Crippen LogP contribution is -2.47. The van der Waals surface area contributed by atoms with Crippen molar-refractivity contribution in [2.24, 2.45) is 16.7 Å². The highest BCUT2D eigenvalue weighted by Crippen LogP contribution is 2.53. The minimum Gasteiger partial charge on any atom is -0.481 e. The highest BCUT2D eigenvalue weighted by molar-refractivity contribution is 6.30. The Kier molecular flexibility index (Phi) is 4.14. The van der Waals surface area contributed by atoms with Crippen molar-refractivity contribution in [1.29, 1.82) is 0 Å². The van der Waals surface area contributed by atoms with E-state index in [1.807, 2.05) is 0 Å². The molecule has 2 N–H and O–H groups in total. The Morgan fingerprint density at radius 2 is 1.80 bits per heavy atom. The molecular weight excluding hydrogens is 280 g/mol. The van der Waals surface area contributed by atoms with E-state index in [-0.39, 0.29) is 18.8 Å². The Morgan fingerprint density at radius 1 is 1.20 bits per heavy atom. The van der Waals surface area contributed by atoms with Gasteiger partial charge in [-0.05, 0) is 38.5 Å². The van der Waals surface area contributed by atoms with E-state index >= 15 is 0 Å². The first-order valence-corrected chi connectivity index (χ1v) is 7.52. The summed E-state index contributed by atoms with van der Waals surface area (Å²) in [5, 5.41) is 19.6. The highest BCUT2D eigenvalue weighted by atomic mass is 35.5. The number of hydrogen-bond donors (Lipinski definition) is 2. The standard InChI is InChI=1S/C15H21ClO4/c1-14(12(17)18)7-11(16)8-15(9-14,13(19)20)10-5-3-2-4-6-10/h8,10H,2-7,9H2,1H3,(H,17,18)(H,19,20). The van der Waals surface area contributed by atoms with Crippen LogP contribution in [0.5, 0.6) is 0 Å². The van der Waals surface area contributed by atoms with Gasteiger partial charge in [-0.1, -0.05) is 36.9 Å². The van der Waals surface area contributed by atoms with Crippen LogP contribution in [0.15, 0.2) is 11.1 Å². The Labute approximate surface area is 123 Å². The van der Waals surface area contributed by atoms with E-state index in [4.69, 9.17) is 11.6 Å². The number of allylic oxidation sites excluding steroid dienone is 1. The number of halogens is 1. The lowest BCUT2D eigenvalue weighted by atomic mass is 9.58. The van der Waals surface area contributed by atoms with E-state index in [9.17, 15) is 19.8 Å². The minimum atomic E-state index is -1.12. The van der Waals surface area contributed by atoms with Crippen molar-refractivity contribution in [2.75, 3.05) is 0 Å². The lowest BCUT2D eigenvalue weighted by molar-refractivity contribution is -0.159. The number of rotatable bonds is 3. The van der Waals surface area contributed by atoms with Crippen LogP contribution in [0.25, 0.3) is 0 Å². The number of hydrogen-bond acceptors (Lipinski definition) is 2. The molecule has 0 aromatic heterocycles. The fourth-order valence-corrected chi connectivity index (χ4v) is 4.30. The zero-order valence-corrected chi connectivity index (χ0v) is 12.4. The van der Waals surface area contributed by atoms with Crippen LogP contribution in [-0.4, -0.2) is 22.2 Å². The number of carbonyl (C=O) groups is 2. The van der Waals surface area contributed by atoms with Crippen molar-refractivity contribution in [2.45, 2.75) is 51.9 Å². The molecule has 5 heteroatoms. The van der Waals surface area contributed by atoms with Gasteiger partial charge in [0.05, 0.1) is 10.8 Å². The first-order valence-electron chi connectivity index (χ1n) is 7.14. The smallest absolute Gasteiger partial charge is 0.313 e. The molecule has 1 saturated carbocycles. The third-order valence-corrected chi connectivity index (χ3v) is 5.15. The monoisotopic (exact) mass is 300 g/mol. The Morgan fingerprint density at radius 3 is 2.30 bits per heavy atom. The summed E-state index contributed by atoms with van der Waals surface area (Å²) in [4.78, 5) is 23.5. The molecule has 2 aliphatic rings. The summed E-state index contributed by atoms with van der Waals surface area (Å²) >= 11 is 6.13. The van der Waals surface area contributed by atoms with Gasteiger partial charge in [-0.15, -0.1) is 0 Å². The summed E-state index contributed by atoms with van der Waals surface area (Å²) in [5.41, 5.74) is -2.22. The fourth-order valence-electron chi connectivity index (χ4n) is 3.81. The van der Waals surface area contributed by atoms with Crippen LogP contribution < -0.4 is 0 Å². The zero-order chi connectivity index (χ0) is 15.0. The fraction of sp³-hybridized carbons (Fsp3) is 0.733. The molecule has 2 unspecified atom stereocenters. The maximum atomic E-state index is 11.9. The molecule has 0 heterocycles. The Balaban J connectivity index is 2.43. The molecule has 4 nitrogen and oxygen atoms in total. The summed E-state index contributed by atoms with van der Waals surface area (Å²) in [6.45, 7) is 1.60. The molecule has 0 bridgehead atoms. The van der Waals surface area contributed by atoms with Gasteiger partial charge in [0.25, 0.3) is 0 Å². The highest BCUT2D eigenvalue weighted by Gasteiger charge is 2.53. The van der Waals surface area contributed by atoms with Crippen molar-refractivity contribution in [1.82, 2.24) is 0 Å². The molecule has 112 valence electrons. The SMILES string of the molecule is CC1(C(=O)O)CC(Cl)=CC(C(=O)O)(C2CCCCC2)C1. The third-order valence-electron chi connectivity index (χ3n) is 4.90.